The van der Waals surface area contributed by atoms with Crippen molar-refractivity contribution in [3.63, 3.8) is 0 Å². The van der Waals surface area contributed by atoms with Crippen LogP contribution in [-0.2, 0) is 0 Å². The molecule has 0 radical (unpaired) electrons. The van der Waals surface area contributed by atoms with E-state index in [-0.39, 0.29) is 11.4 Å². The second-order valence-electron chi connectivity index (χ2n) is 3.38. The van der Waals surface area contributed by atoms with E-state index in [0.29, 0.717) is 10.5 Å². The van der Waals surface area contributed by atoms with Crippen LogP contribution in [0.15, 0.2) is 18.2 Å². The van der Waals surface area contributed by atoms with Crippen LogP contribution in [-0.4, -0.2) is 28.0 Å². The highest BCUT2D eigenvalue weighted by Crippen LogP contribution is 2.12. The van der Waals surface area contributed by atoms with Crippen LogP contribution < -0.4 is 16.1 Å². The number of hydrogen-bond acceptors (Lipinski definition) is 5. The standard InChI is InChI=1S/C9H13N5O/c10-7-6-8(12-9(11)14(7)15)13-4-2-1-3-5-13/h1-2,6,10,15H,3-5H2,(H2,11,12). The number of aromatic nitrogens is 2. The van der Waals surface area contributed by atoms with Crippen molar-refractivity contribution >= 4 is 11.8 Å². The third-order valence-corrected chi connectivity index (χ3v) is 2.32. The average molecular weight is 207 g/mol. The van der Waals surface area contributed by atoms with Crippen molar-refractivity contribution in [1.82, 2.24) is 9.71 Å². The minimum absolute atomic E-state index is 0.0629. The largest absolute Gasteiger partial charge is 0.423 e. The molecule has 80 valence electrons. The van der Waals surface area contributed by atoms with E-state index < -0.39 is 0 Å². The Morgan fingerprint density at radius 1 is 1.47 bits per heavy atom. The van der Waals surface area contributed by atoms with Crippen LogP contribution in [0.25, 0.3) is 0 Å². The fourth-order valence-corrected chi connectivity index (χ4v) is 1.52. The van der Waals surface area contributed by atoms with Gasteiger partial charge in [0.1, 0.15) is 5.82 Å². The van der Waals surface area contributed by atoms with Gasteiger partial charge in [-0.05, 0) is 6.42 Å². The van der Waals surface area contributed by atoms with Crippen molar-refractivity contribution in [2.45, 2.75) is 6.42 Å². The lowest BCUT2D eigenvalue weighted by molar-refractivity contribution is 0.174. The highest BCUT2D eigenvalue weighted by Gasteiger charge is 2.11. The van der Waals surface area contributed by atoms with Gasteiger partial charge in [0, 0.05) is 19.2 Å². The molecule has 1 aliphatic rings. The van der Waals surface area contributed by atoms with E-state index in [2.05, 4.69) is 11.1 Å². The first kappa shape index (κ1) is 9.57. The van der Waals surface area contributed by atoms with Gasteiger partial charge < -0.3 is 15.8 Å². The summed E-state index contributed by atoms with van der Waals surface area (Å²) in [7, 11) is 0. The normalized spacial score (nSPS) is 15.6. The van der Waals surface area contributed by atoms with Crippen molar-refractivity contribution in [2.75, 3.05) is 23.7 Å². The summed E-state index contributed by atoms with van der Waals surface area (Å²) in [5.74, 6) is 0.569. The molecule has 0 amide bonds. The lowest BCUT2D eigenvalue weighted by atomic mass is 10.2. The van der Waals surface area contributed by atoms with Gasteiger partial charge in [-0.15, -0.1) is 4.73 Å². The molecule has 0 spiro atoms. The van der Waals surface area contributed by atoms with Gasteiger partial charge in [-0.2, -0.15) is 4.98 Å². The Bertz CT molecular complexity index is 450. The summed E-state index contributed by atoms with van der Waals surface area (Å²) >= 11 is 0. The Morgan fingerprint density at radius 2 is 2.27 bits per heavy atom. The summed E-state index contributed by atoms with van der Waals surface area (Å²) in [6.07, 6.45) is 5.12. The fourth-order valence-electron chi connectivity index (χ4n) is 1.52. The summed E-state index contributed by atoms with van der Waals surface area (Å²) < 4.78 is 0.559. The maximum Gasteiger partial charge on any atom is 0.238 e. The van der Waals surface area contributed by atoms with E-state index >= 15 is 0 Å². The highest BCUT2D eigenvalue weighted by atomic mass is 16.5. The van der Waals surface area contributed by atoms with Gasteiger partial charge in [-0.25, -0.2) is 0 Å². The Kier molecular flexibility index (Phi) is 2.32. The van der Waals surface area contributed by atoms with Crippen molar-refractivity contribution < 1.29 is 5.21 Å². The number of nitrogens with zero attached hydrogens (tertiary/aromatic N) is 3. The first-order valence-electron chi connectivity index (χ1n) is 4.72. The number of rotatable bonds is 1. The monoisotopic (exact) mass is 207 g/mol. The Morgan fingerprint density at radius 3 is 2.87 bits per heavy atom. The first-order chi connectivity index (χ1) is 7.18. The lowest BCUT2D eigenvalue weighted by Gasteiger charge is -2.24. The van der Waals surface area contributed by atoms with Gasteiger partial charge in [0.15, 0.2) is 5.49 Å². The molecule has 0 bridgehead atoms. The zero-order valence-electron chi connectivity index (χ0n) is 8.22. The van der Waals surface area contributed by atoms with E-state index in [9.17, 15) is 5.21 Å². The van der Waals surface area contributed by atoms with Crippen LogP contribution >= 0.6 is 0 Å². The third kappa shape index (κ3) is 1.78. The molecule has 1 aromatic rings. The van der Waals surface area contributed by atoms with Crippen LogP contribution in [0.2, 0.25) is 0 Å². The van der Waals surface area contributed by atoms with E-state index in [1.165, 1.54) is 6.07 Å². The van der Waals surface area contributed by atoms with Crippen molar-refractivity contribution in [2.24, 2.45) is 0 Å². The zero-order valence-corrected chi connectivity index (χ0v) is 8.22. The molecule has 6 heteroatoms. The third-order valence-electron chi connectivity index (χ3n) is 2.32. The smallest absolute Gasteiger partial charge is 0.238 e. The number of nitrogens with two attached hydrogens (primary N) is 1. The molecule has 15 heavy (non-hydrogen) atoms. The molecule has 1 aromatic heterocycles. The van der Waals surface area contributed by atoms with Crippen molar-refractivity contribution in [3.05, 3.63) is 23.7 Å². The fraction of sp³-hybridized carbons (Fsp3) is 0.333. The van der Waals surface area contributed by atoms with Gasteiger partial charge in [0.05, 0.1) is 0 Å². The molecule has 0 saturated heterocycles. The molecule has 2 heterocycles. The molecule has 0 atom stereocenters. The van der Waals surface area contributed by atoms with Gasteiger partial charge in [0.2, 0.25) is 5.95 Å². The molecular formula is C9H13N5O. The summed E-state index contributed by atoms with van der Waals surface area (Å²) in [5, 5.41) is 16.7. The van der Waals surface area contributed by atoms with Crippen LogP contribution in [0, 0.1) is 5.41 Å². The van der Waals surface area contributed by atoms with Crippen LogP contribution in [0.5, 0.6) is 0 Å². The number of hydrogen-bond donors (Lipinski definition) is 3. The second-order valence-corrected chi connectivity index (χ2v) is 3.38. The lowest BCUT2D eigenvalue weighted by Crippen LogP contribution is -2.31. The quantitative estimate of drug-likeness (QED) is 0.444. The Hall–Kier alpha value is -1.98. The van der Waals surface area contributed by atoms with Crippen LogP contribution in [0.3, 0.4) is 0 Å². The summed E-state index contributed by atoms with van der Waals surface area (Å²) in [6, 6.07) is 1.50. The van der Waals surface area contributed by atoms with Gasteiger partial charge in [0.25, 0.3) is 0 Å². The minimum Gasteiger partial charge on any atom is -0.423 e. The predicted octanol–water partition coefficient (Wildman–Crippen LogP) is -0.0516. The Labute approximate surface area is 86.7 Å². The molecule has 0 fully saturated rings. The zero-order chi connectivity index (χ0) is 10.8. The molecule has 0 aromatic carbocycles. The molecule has 0 unspecified atom stereocenters. The maximum atomic E-state index is 9.24. The summed E-state index contributed by atoms with van der Waals surface area (Å²) in [4.78, 5) is 6.03. The summed E-state index contributed by atoms with van der Waals surface area (Å²) in [5.41, 5.74) is 5.40. The molecular weight excluding hydrogens is 194 g/mol. The van der Waals surface area contributed by atoms with E-state index in [0.717, 1.165) is 19.5 Å². The first-order valence-corrected chi connectivity index (χ1v) is 4.72. The molecule has 6 nitrogen and oxygen atoms in total. The maximum absolute atomic E-state index is 9.24. The van der Waals surface area contributed by atoms with Crippen LogP contribution in [0.1, 0.15) is 6.42 Å². The van der Waals surface area contributed by atoms with Crippen LogP contribution in [0.4, 0.5) is 11.8 Å². The van der Waals surface area contributed by atoms with E-state index in [1.54, 1.807) is 0 Å². The van der Waals surface area contributed by atoms with Gasteiger partial charge in [-0.1, -0.05) is 12.2 Å². The SMILES string of the molecule is N=c1cc(N2CC=CCC2)nc(N)n1O. The molecule has 1 aliphatic heterocycles. The number of nitrogen functional groups attached to an aromatic ring is 1. The number of anilines is 2. The molecule has 4 N–H and O–H groups in total. The summed E-state index contributed by atoms with van der Waals surface area (Å²) in [6.45, 7) is 1.62. The average Bonchev–Trinajstić information content (AvgIpc) is 2.26. The molecule has 0 saturated carbocycles. The van der Waals surface area contributed by atoms with Crippen molar-refractivity contribution in [1.29, 1.82) is 5.41 Å². The highest BCUT2D eigenvalue weighted by molar-refractivity contribution is 5.42. The van der Waals surface area contributed by atoms with Crippen molar-refractivity contribution in [3.8, 4) is 0 Å². The predicted molar refractivity (Wildman–Crippen MR) is 55.6 cm³/mol. The van der Waals surface area contributed by atoms with E-state index in [1.807, 2.05) is 11.0 Å². The second kappa shape index (κ2) is 3.64. The molecule has 2 rings (SSSR count). The minimum atomic E-state index is -0.0629. The molecule has 0 aliphatic carbocycles. The Balaban J connectivity index is 2.37. The van der Waals surface area contributed by atoms with Gasteiger partial charge >= 0.3 is 0 Å². The number of nitrogens with one attached hydrogen (secondary N) is 1. The topological polar surface area (TPSA) is 91.2 Å². The van der Waals surface area contributed by atoms with Gasteiger partial charge in [-0.3, -0.25) is 5.41 Å². The van der Waals surface area contributed by atoms with E-state index in [4.69, 9.17) is 11.1 Å².